The van der Waals surface area contributed by atoms with E-state index in [1.54, 1.807) is 0 Å². The minimum absolute atomic E-state index is 0.280. The predicted molar refractivity (Wildman–Crippen MR) is 81.9 cm³/mol. The van der Waals surface area contributed by atoms with E-state index in [2.05, 4.69) is 23.5 Å². The molecule has 3 nitrogen and oxygen atoms in total. The molecule has 1 heterocycles. The minimum atomic E-state index is 0.280. The Morgan fingerprint density at radius 3 is 2.75 bits per heavy atom. The molecule has 1 amide bonds. The summed E-state index contributed by atoms with van der Waals surface area (Å²) in [6.07, 6.45) is 6.82. The van der Waals surface area contributed by atoms with E-state index in [1.807, 2.05) is 18.0 Å². The van der Waals surface area contributed by atoms with Gasteiger partial charge in [0.2, 0.25) is 5.91 Å². The molecule has 3 rings (SSSR count). The Morgan fingerprint density at radius 2 is 2.00 bits per heavy atom. The highest BCUT2D eigenvalue weighted by Crippen LogP contribution is 2.31. The number of likely N-dealkylation sites (N-methyl/N-ethyl adjacent to an activating group) is 1. The molecule has 1 aliphatic heterocycles. The van der Waals surface area contributed by atoms with E-state index in [-0.39, 0.29) is 5.91 Å². The Hall–Kier alpha value is -1.35. The van der Waals surface area contributed by atoms with Crippen molar-refractivity contribution in [2.24, 2.45) is 5.92 Å². The number of anilines is 1. The molecule has 3 heteroatoms. The smallest absolute Gasteiger partial charge is 0.227 e. The molecule has 1 unspecified atom stereocenters. The molecule has 20 heavy (non-hydrogen) atoms. The molecule has 0 spiro atoms. The van der Waals surface area contributed by atoms with Crippen LogP contribution in [0.1, 0.15) is 37.7 Å². The van der Waals surface area contributed by atoms with E-state index in [0.717, 1.165) is 24.6 Å². The van der Waals surface area contributed by atoms with Crippen LogP contribution in [0.4, 0.5) is 5.69 Å². The Bertz CT molecular complexity index is 480. The lowest BCUT2D eigenvalue weighted by Crippen LogP contribution is -2.47. The standard InChI is InChI=1S/C17H24N2O/c1-18-15(13-6-2-3-7-13)12-19-16-9-5-4-8-14(16)10-11-17(19)20/h4-5,8-9,13,15,18H,2-3,6-7,10-12H2,1H3. The van der Waals surface area contributed by atoms with Crippen LogP contribution in [0, 0.1) is 5.92 Å². The van der Waals surface area contributed by atoms with Crippen molar-refractivity contribution in [1.82, 2.24) is 5.32 Å². The molecular weight excluding hydrogens is 248 g/mol. The predicted octanol–water partition coefficient (Wildman–Crippen LogP) is 2.74. The molecule has 108 valence electrons. The van der Waals surface area contributed by atoms with Gasteiger partial charge in [0.25, 0.3) is 0 Å². The molecule has 1 aliphatic carbocycles. The number of rotatable bonds is 4. The topological polar surface area (TPSA) is 32.3 Å². The summed E-state index contributed by atoms with van der Waals surface area (Å²) in [5.74, 6) is 1.00. The van der Waals surface area contributed by atoms with Gasteiger partial charge in [0.15, 0.2) is 0 Å². The average molecular weight is 272 g/mol. The molecule has 1 fully saturated rings. The summed E-state index contributed by atoms with van der Waals surface area (Å²) in [5, 5.41) is 3.45. The number of amides is 1. The maximum absolute atomic E-state index is 12.3. The molecule has 0 aromatic heterocycles. The van der Waals surface area contributed by atoms with Crippen molar-refractivity contribution in [1.29, 1.82) is 0 Å². The number of benzene rings is 1. The van der Waals surface area contributed by atoms with E-state index >= 15 is 0 Å². The number of para-hydroxylation sites is 1. The van der Waals surface area contributed by atoms with Gasteiger partial charge in [0.05, 0.1) is 0 Å². The van der Waals surface area contributed by atoms with Crippen LogP contribution in [0.15, 0.2) is 24.3 Å². The van der Waals surface area contributed by atoms with E-state index in [4.69, 9.17) is 0 Å². The molecule has 1 N–H and O–H groups in total. The third kappa shape index (κ3) is 2.59. The van der Waals surface area contributed by atoms with Crippen molar-refractivity contribution >= 4 is 11.6 Å². The Labute approximate surface area is 121 Å². The van der Waals surface area contributed by atoms with Gasteiger partial charge in [0, 0.05) is 24.7 Å². The van der Waals surface area contributed by atoms with E-state index in [9.17, 15) is 4.79 Å². The fourth-order valence-corrected chi connectivity index (χ4v) is 3.73. The minimum Gasteiger partial charge on any atom is -0.315 e. The monoisotopic (exact) mass is 272 g/mol. The summed E-state index contributed by atoms with van der Waals surface area (Å²) in [7, 11) is 2.03. The van der Waals surface area contributed by atoms with Crippen molar-refractivity contribution in [2.75, 3.05) is 18.5 Å². The van der Waals surface area contributed by atoms with Gasteiger partial charge in [-0.25, -0.2) is 0 Å². The van der Waals surface area contributed by atoms with Gasteiger partial charge in [-0.3, -0.25) is 4.79 Å². The summed E-state index contributed by atoms with van der Waals surface area (Å²) in [4.78, 5) is 14.3. The third-order valence-corrected chi connectivity index (χ3v) is 4.91. The first-order valence-corrected chi connectivity index (χ1v) is 7.85. The molecule has 0 bridgehead atoms. The molecule has 1 saturated carbocycles. The highest BCUT2D eigenvalue weighted by atomic mass is 16.2. The number of hydrogen-bond donors (Lipinski definition) is 1. The average Bonchev–Trinajstić information content (AvgIpc) is 3.00. The molecule has 0 saturated heterocycles. The third-order valence-electron chi connectivity index (χ3n) is 4.91. The van der Waals surface area contributed by atoms with Crippen molar-refractivity contribution < 1.29 is 4.79 Å². The van der Waals surface area contributed by atoms with Crippen molar-refractivity contribution in [3.63, 3.8) is 0 Å². The maximum Gasteiger partial charge on any atom is 0.227 e. The quantitative estimate of drug-likeness (QED) is 0.914. The first kappa shape index (κ1) is 13.6. The summed E-state index contributed by atoms with van der Waals surface area (Å²) in [6, 6.07) is 8.77. The van der Waals surface area contributed by atoms with Gasteiger partial charge < -0.3 is 10.2 Å². The van der Waals surface area contributed by atoms with Crippen LogP contribution in [-0.2, 0) is 11.2 Å². The fraction of sp³-hybridized carbons (Fsp3) is 0.588. The van der Waals surface area contributed by atoms with Crippen molar-refractivity contribution in [3.8, 4) is 0 Å². The number of aryl methyl sites for hydroxylation is 1. The molecule has 1 aromatic carbocycles. The maximum atomic E-state index is 12.3. The summed E-state index contributed by atoms with van der Waals surface area (Å²) in [6.45, 7) is 0.816. The first-order valence-electron chi connectivity index (χ1n) is 7.85. The van der Waals surface area contributed by atoms with E-state index in [0.29, 0.717) is 12.5 Å². The number of nitrogens with zero attached hydrogens (tertiary/aromatic N) is 1. The number of fused-ring (bicyclic) bond motifs is 1. The van der Waals surface area contributed by atoms with Gasteiger partial charge in [-0.05, 0) is 43.9 Å². The summed E-state index contributed by atoms with van der Waals surface area (Å²) < 4.78 is 0. The van der Waals surface area contributed by atoms with E-state index in [1.165, 1.54) is 31.2 Å². The Kier molecular flexibility index (Phi) is 4.06. The van der Waals surface area contributed by atoms with Gasteiger partial charge in [0.1, 0.15) is 0 Å². The van der Waals surface area contributed by atoms with Gasteiger partial charge in [-0.15, -0.1) is 0 Å². The molecule has 2 aliphatic rings. The van der Waals surface area contributed by atoms with Crippen LogP contribution in [0.2, 0.25) is 0 Å². The van der Waals surface area contributed by atoms with Crippen molar-refractivity contribution in [3.05, 3.63) is 29.8 Å². The van der Waals surface area contributed by atoms with Gasteiger partial charge >= 0.3 is 0 Å². The summed E-state index contributed by atoms with van der Waals surface area (Å²) in [5.41, 5.74) is 2.44. The SMILES string of the molecule is CNC(CN1C(=O)CCc2ccccc21)C1CCCC1. The number of carbonyl (C=O) groups excluding carboxylic acids is 1. The zero-order chi connectivity index (χ0) is 13.9. The van der Waals surface area contributed by atoms with Crippen LogP contribution in [0.5, 0.6) is 0 Å². The van der Waals surface area contributed by atoms with Crippen LogP contribution in [0.3, 0.4) is 0 Å². The van der Waals surface area contributed by atoms with Crippen LogP contribution in [-0.4, -0.2) is 25.5 Å². The van der Waals surface area contributed by atoms with Crippen molar-refractivity contribution in [2.45, 2.75) is 44.6 Å². The Morgan fingerprint density at radius 1 is 1.25 bits per heavy atom. The second kappa shape index (κ2) is 5.96. The highest BCUT2D eigenvalue weighted by molar-refractivity contribution is 5.96. The zero-order valence-electron chi connectivity index (χ0n) is 12.3. The number of nitrogens with one attached hydrogen (secondary N) is 1. The van der Waals surface area contributed by atoms with E-state index < -0.39 is 0 Å². The van der Waals surface area contributed by atoms with Crippen LogP contribution < -0.4 is 10.2 Å². The number of hydrogen-bond acceptors (Lipinski definition) is 2. The largest absolute Gasteiger partial charge is 0.315 e. The van der Waals surface area contributed by atoms with Gasteiger partial charge in [-0.2, -0.15) is 0 Å². The summed E-state index contributed by atoms with van der Waals surface area (Å²) >= 11 is 0. The molecular formula is C17H24N2O. The first-order chi connectivity index (χ1) is 9.79. The Balaban J connectivity index is 1.79. The molecule has 1 atom stereocenters. The lowest BCUT2D eigenvalue weighted by molar-refractivity contribution is -0.119. The number of carbonyl (C=O) groups is 1. The zero-order valence-corrected chi connectivity index (χ0v) is 12.3. The fourth-order valence-electron chi connectivity index (χ4n) is 3.73. The highest BCUT2D eigenvalue weighted by Gasteiger charge is 2.30. The lowest BCUT2D eigenvalue weighted by atomic mass is 9.95. The normalized spacial score (nSPS) is 21.1. The van der Waals surface area contributed by atoms with Crippen LogP contribution >= 0.6 is 0 Å². The molecule has 0 radical (unpaired) electrons. The second-order valence-electron chi connectivity index (χ2n) is 6.07. The lowest BCUT2D eigenvalue weighted by Gasteiger charge is -2.34. The van der Waals surface area contributed by atoms with Crippen LogP contribution in [0.25, 0.3) is 0 Å². The second-order valence-corrected chi connectivity index (χ2v) is 6.07. The van der Waals surface area contributed by atoms with Gasteiger partial charge in [-0.1, -0.05) is 31.0 Å². The molecule has 1 aromatic rings.